The zero-order chi connectivity index (χ0) is 17.0. The van der Waals surface area contributed by atoms with Gasteiger partial charge in [0.2, 0.25) is 15.9 Å². The first-order valence-electron chi connectivity index (χ1n) is 5.82. The molecule has 0 aliphatic heterocycles. The molecule has 1 rings (SSSR count). The van der Waals surface area contributed by atoms with Crippen LogP contribution < -0.4 is 14.9 Å². The van der Waals surface area contributed by atoms with Crippen LogP contribution >= 0.6 is 0 Å². The Hall–Kier alpha value is -1.85. The number of hydrazine groups is 1. The number of benzene rings is 1. The van der Waals surface area contributed by atoms with Gasteiger partial charge in [-0.05, 0) is 24.3 Å². The van der Waals surface area contributed by atoms with E-state index in [0.717, 1.165) is 24.3 Å². The molecule has 7 nitrogen and oxygen atoms in total. The highest BCUT2D eigenvalue weighted by Gasteiger charge is 2.31. The van der Waals surface area contributed by atoms with Gasteiger partial charge in [0.05, 0.1) is 11.4 Å². The molecule has 0 spiro atoms. The monoisotopic (exact) mass is 341 g/mol. The smallest absolute Gasteiger partial charge is 0.406 e. The molecule has 0 unspecified atom stereocenters. The van der Waals surface area contributed by atoms with Gasteiger partial charge >= 0.3 is 6.36 Å². The molecule has 11 heteroatoms. The SMILES string of the molecule is CN(C)NC(=O)CNS(=O)(=O)c1ccc(OC(F)(F)F)cc1. The molecule has 1 aromatic rings. The lowest BCUT2D eigenvalue weighted by atomic mass is 10.3. The van der Waals surface area contributed by atoms with Crippen molar-refractivity contribution in [1.82, 2.24) is 15.2 Å². The highest BCUT2D eigenvalue weighted by molar-refractivity contribution is 7.89. The van der Waals surface area contributed by atoms with Crippen LogP contribution in [0, 0.1) is 0 Å². The van der Waals surface area contributed by atoms with Crippen LogP contribution in [0.1, 0.15) is 0 Å². The maximum absolute atomic E-state index is 12.0. The summed E-state index contributed by atoms with van der Waals surface area (Å²) in [5, 5.41) is 1.33. The number of carbonyl (C=O) groups excluding carboxylic acids is 1. The van der Waals surface area contributed by atoms with E-state index in [9.17, 15) is 26.4 Å². The summed E-state index contributed by atoms with van der Waals surface area (Å²) in [5.74, 6) is -1.14. The van der Waals surface area contributed by atoms with E-state index in [2.05, 4.69) is 10.2 Å². The van der Waals surface area contributed by atoms with E-state index in [1.807, 2.05) is 4.72 Å². The Labute approximate surface area is 125 Å². The lowest BCUT2D eigenvalue weighted by molar-refractivity contribution is -0.274. The first-order valence-corrected chi connectivity index (χ1v) is 7.30. The van der Waals surface area contributed by atoms with Gasteiger partial charge in [-0.2, -0.15) is 0 Å². The van der Waals surface area contributed by atoms with Crippen LogP contribution in [-0.2, 0) is 14.8 Å². The van der Waals surface area contributed by atoms with Crippen LogP contribution in [0.4, 0.5) is 13.2 Å². The largest absolute Gasteiger partial charge is 0.573 e. The number of nitrogens with zero attached hydrogens (tertiary/aromatic N) is 1. The van der Waals surface area contributed by atoms with Crippen molar-refractivity contribution in [2.75, 3.05) is 20.6 Å². The Bertz CT molecular complexity index is 614. The predicted molar refractivity (Wildman–Crippen MR) is 70.1 cm³/mol. The molecule has 0 saturated heterocycles. The fourth-order valence-electron chi connectivity index (χ4n) is 1.35. The van der Waals surface area contributed by atoms with Crippen molar-refractivity contribution in [3.8, 4) is 5.75 Å². The Morgan fingerprint density at radius 3 is 2.23 bits per heavy atom. The highest BCUT2D eigenvalue weighted by atomic mass is 32.2. The molecule has 1 amide bonds. The summed E-state index contributed by atoms with van der Waals surface area (Å²) in [6, 6.07) is 3.60. The molecule has 0 fully saturated rings. The molecule has 0 aromatic heterocycles. The predicted octanol–water partition coefficient (Wildman–Crippen LogP) is 0.456. The Morgan fingerprint density at radius 1 is 1.23 bits per heavy atom. The van der Waals surface area contributed by atoms with Gasteiger partial charge in [0, 0.05) is 14.1 Å². The van der Waals surface area contributed by atoms with Gasteiger partial charge in [0.1, 0.15) is 5.75 Å². The van der Waals surface area contributed by atoms with E-state index >= 15 is 0 Å². The second kappa shape index (κ2) is 6.94. The van der Waals surface area contributed by atoms with Crippen molar-refractivity contribution in [3.05, 3.63) is 24.3 Å². The van der Waals surface area contributed by atoms with Crippen LogP contribution in [0.25, 0.3) is 0 Å². The average Bonchev–Trinajstić information content (AvgIpc) is 2.34. The molecule has 124 valence electrons. The van der Waals surface area contributed by atoms with Crippen LogP contribution in [0.5, 0.6) is 5.75 Å². The summed E-state index contributed by atoms with van der Waals surface area (Å²) >= 11 is 0. The number of ether oxygens (including phenoxy) is 1. The standard InChI is InChI=1S/C11H14F3N3O4S/c1-17(2)16-10(18)7-15-22(19,20)9-5-3-8(4-6-9)21-11(12,13)14/h3-6,15H,7H2,1-2H3,(H,16,18). The summed E-state index contributed by atoms with van der Waals surface area (Å²) in [6.07, 6.45) is -4.86. The molecule has 1 aromatic carbocycles. The molecule has 0 saturated carbocycles. The summed E-state index contributed by atoms with van der Waals surface area (Å²) in [7, 11) is -0.923. The lowest BCUT2D eigenvalue weighted by Crippen LogP contribution is -2.42. The second-order valence-electron chi connectivity index (χ2n) is 4.27. The molecular weight excluding hydrogens is 327 g/mol. The number of amides is 1. The van der Waals surface area contributed by atoms with Crippen LogP contribution in [-0.4, -0.2) is 46.3 Å². The van der Waals surface area contributed by atoms with Gasteiger partial charge in [0.25, 0.3) is 0 Å². The highest BCUT2D eigenvalue weighted by Crippen LogP contribution is 2.23. The molecule has 0 aliphatic carbocycles. The van der Waals surface area contributed by atoms with Crippen LogP contribution in [0.15, 0.2) is 29.2 Å². The molecule has 0 aliphatic rings. The topological polar surface area (TPSA) is 87.7 Å². The molecular formula is C11H14F3N3O4S. The minimum absolute atomic E-state index is 0.292. The van der Waals surface area contributed by atoms with Gasteiger partial charge in [-0.3, -0.25) is 10.2 Å². The van der Waals surface area contributed by atoms with Gasteiger partial charge in [-0.25, -0.2) is 18.1 Å². The summed E-state index contributed by atoms with van der Waals surface area (Å²) in [6.45, 7) is -0.513. The molecule has 22 heavy (non-hydrogen) atoms. The first kappa shape index (κ1) is 18.2. The van der Waals surface area contributed by atoms with Crippen molar-refractivity contribution in [2.24, 2.45) is 0 Å². The summed E-state index contributed by atoms with van der Waals surface area (Å²) in [5.41, 5.74) is 2.32. The minimum atomic E-state index is -4.86. The van der Waals surface area contributed by atoms with E-state index in [0.29, 0.717) is 0 Å². The quantitative estimate of drug-likeness (QED) is 0.734. The van der Waals surface area contributed by atoms with E-state index in [1.165, 1.54) is 5.01 Å². The fourth-order valence-corrected chi connectivity index (χ4v) is 2.34. The molecule has 0 radical (unpaired) electrons. The average molecular weight is 341 g/mol. The van der Waals surface area contributed by atoms with Crippen molar-refractivity contribution in [2.45, 2.75) is 11.3 Å². The molecule has 0 heterocycles. The minimum Gasteiger partial charge on any atom is -0.406 e. The molecule has 2 N–H and O–H groups in total. The number of hydrogen-bond donors (Lipinski definition) is 2. The van der Waals surface area contributed by atoms with Crippen LogP contribution in [0.3, 0.4) is 0 Å². The van der Waals surface area contributed by atoms with Gasteiger partial charge in [-0.1, -0.05) is 0 Å². The number of alkyl halides is 3. The van der Waals surface area contributed by atoms with Gasteiger partial charge < -0.3 is 4.74 Å². The van der Waals surface area contributed by atoms with Gasteiger partial charge in [-0.15, -0.1) is 13.2 Å². The molecule has 0 atom stereocenters. The summed E-state index contributed by atoms with van der Waals surface area (Å²) < 4.78 is 65.3. The second-order valence-corrected chi connectivity index (χ2v) is 6.04. The van der Waals surface area contributed by atoms with E-state index < -0.39 is 34.6 Å². The molecule has 0 bridgehead atoms. The Balaban J connectivity index is 2.71. The van der Waals surface area contributed by atoms with E-state index in [4.69, 9.17) is 0 Å². The third-order valence-corrected chi connectivity index (χ3v) is 3.56. The zero-order valence-corrected chi connectivity index (χ0v) is 12.5. The number of nitrogens with one attached hydrogen (secondary N) is 2. The van der Waals surface area contributed by atoms with Crippen molar-refractivity contribution in [3.63, 3.8) is 0 Å². The third kappa shape index (κ3) is 6.28. The number of hydrogen-bond acceptors (Lipinski definition) is 5. The Morgan fingerprint density at radius 2 is 1.77 bits per heavy atom. The Kier molecular flexibility index (Phi) is 5.74. The lowest BCUT2D eigenvalue weighted by Gasteiger charge is -2.13. The normalized spacial score (nSPS) is 12.3. The maximum Gasteiger partial charge on any atom is 0.573 e. The summed E-state index contributed by atoms with van der Waals surface area (Å²) in [4.78, 5) is 11.0. The van der Waals surface area contributed by atoms with Crippen molar-refractivity contribution in [1.29, 1.82) is 0 Å². The first-order chi connectivity index (χ1) is 9.99. The zero-order valence-electron chi connectivity index (χ0n) is 11.6. The van der Waals surface area contributed by atoms with E-state index in [-0.39, 0.29) is 4.90 Å². The maximum atomic E-state index is 12.0. The van der Waals surface area contributed by atoms with Gasteiger partial charge in [0.15, 0.2) is 0 Å². The fraction of sp³-hybridized carbons (Fsp3) is 0.364. The van der Waals surface area contributed by atoms with Crippen LogP contribution in [0.2, 0.25) is 0 Å². The van der Waals surface area contributed by atoms with Crippen molar-refractivity contribution >= 4 is 15.9 Å². The van der Waals surface area contributed by atoms with Crippen molar-refractivity contribution < 1.29 is 31.1 Å². The number of carbonyl (C=O) groups is 1. The number of halogens is 3. The number of rotatable bonds is 6. The third-order valence-electron chi connectivity index (χ3n) is 2.14. The van der Waals surface area contributed by atoms with E-state index in [1.54, 1.807) is 14.1 Å². The number of sulfonamides is 1.